The van der Waals surface area contributed by atoms with Gasteiger partial charge in [-0.05, 0) is 42.3 Å². The molecule has 3 aromatic carbocycles. The van der Waals surface area contributed by atoms with Crippen molar-refractivity contribution in [3.05, 3.63) is 95.6 Å². The second kappa shape index (κ2) is 8.89. The molecule has 0 radical (unpaired) electrons. The third kappa shape index (κ3) is 5.91. The molecule has 0 aromatic heterocycles. The molecule has 0 heterocycles. The second-order valence-corrected chi connectivity index (χ2v) is 8.39. The first-order chi connectivity index (χ1) is 13.8. The summed E-state index contributed by atoms with van der Waals surface area (Å²) in [6.45, 7) is 2.71. The van der Waals surface area contributed by atoms with Gasteiger partial charge in [-0.2, -0.15) is 0 Å². The quantitative estimate of drug-likeness (QED) is 0.647. The molecule has 0 spiro atoms. The van der Waals surface area contributed by atoms with Gasteiger partial charge in [0.25, 0.3) is 0 Å². The van der Waals surface area contributed by atoms with Gasteiger partial charge < -0.3 is 10.2 Å². The van der Waals surface area contributed by atoms with Crippen LogP contribution >= 0.6 is 0 Å². The lowest BCUT2D eigenvalue weighted by atomic mass is 10.1. The maximum absolute atomic E-state index is 12.9. The first-order valence-electron chi connectivity index (χ1n) is 9.09. The number of sulfonamides is 1. The van der Waals surface area contributed by atoms with Crippen LogP contribution in [-0.4, -0.2) is 19.3 Å². The molecule has 0 aliphatic heterocycles. The average molecular weight is 410 g/mol. The van der Waals surface area contributed by atoms with E-state index in [2.05, 4.69) is 5.32 Å². The van der Waals surface area contributed by atoms with E-state index in [1.54, 1.807) is 17.0 Å². The molecule has 7 heteroatoms. The van der Waals surface area contributed by atoms with Crippen molar-refractivity contribution in [1.29, 1.82) is 0 Å². The Morgan fingerprint density at radius 3 is 1.97 bits per heavy atom. The van der Waals surface area contributed by atoms with Crippen molar-refractivity contribution in [2.45, 2.75) is 24.9 Å². The number of carbonyl (C=O) groups excluding carboxylic acids is 1. The topological polar surface area (TPSA) is 92.5 Å². The predicted molar refractivity (Wildman–Crippen MR) is 114 cm³/mol. The van der Waals surface area contributed by atoms with Crippen molar-refractivity contribution in [1.82, 2.24) is 4.90 Å². The summed E-state index contributed by atoms with van der Waals surface area (Å²) in [7, 11) is -3.75. The highest BCUT2D eigenvalue weighted by atomic mass is 32.2. The third-order valence-corrected chi connectivity index (χ3v) is 5.36. The Morgan fingerprint density at radius 2 is 1.41 bits per heavy atom. The summed E-state index contributed by atoms with van der Waals surface area (Å²) < 4.78 is 22.9. The molecule has 0 saturated carbocycles. The predicted octanol–water partition coefficient (Wildman–Crippen LogP) is 3.88. The van der Waals surface area contributed by atoms with Crippen LogP contribution in [0.2, 0.25) is 0 Å². The lowest BCUT2D eigenvalue weighted by molar-refractivity contribution is 0.206. The van der Waals surface area contributed by atoms with E-state index in [9.17, 15) is 13.2 Å². The Kier molecular flexibility index (Phi) is 6.31. The molecular formula is C22H23N3O3S. The van der Waals surface area contributed by atoms with E-state index in [1.165, 1.54) is 12.1 Å². The molecule has 3 N–H and O–H groups in total. The number of aryl methyl sites for hydroxylation is 1. The van der Waals surface area contributed by atoms with Crippen LogP contribution in [0.3, 0.4) is 0 Å². The first-order valence-corrected chi connectivity index (χ1v) is 10.6. The molecule has 0 fully saturated rings. The normalized spacial score (nSPS) is 11.1. The van der Waals surface area contributed by atoms with E-state index in [-0.39, 0.29) is 10.9 Å². The molecule has 3 aromatic rings. The standard InChI is InChI=1S/C22H23N3O3S/c1-17-7-11-20(12-8-17)24-22(26)25(15-18-5-3-2-4-6-18)16-19-9-13-21(14-10-19)29(23,27)28/h2-14H,15-16H2,1H3,(H,24,26)(H2,23,27,28). The zero-order valence-corrected chi connectivity index (χ0v) is 16.9. The number of primary sulfonamides is 1. The van der Waals surface area contributed by atoms with Crippen molar-refractivity contribution in [2.75, 3.05) is 5.32 Å². The molecule has 29 heavy (non-hydrogen) atoms. The average Bonchev–Trinajstić information content (AvgIpc) is 2.70. The highest BCUT2D eigenvalue weighted by molar-refractivity contribution is 7.89. The number of urea groups is 1. The highest BCUT2D eigenvalue weighted by Gasteiger charge is 2.16. The number of hydrogen-bond donors (Lipinski definition) is 2. The lowest BCUT2D eigenvalue weighted by Gasteiger charge is -2.23. The Hall–Kier alpha value is -3.16. The minimum absolute atomic E-state index is 0.0416. The van der Waals surface area contributed by atoms with E-state index >= 15 is 0 Å². The largest absolute Gasteiger partial charge is 0.322 e. The van der Waals surface area contributed by atoms with Gasteiger partial charge in [-0.25, -0.2) is 18.4 Å². The summed E-state index contributed by atoms with van der Waals surface area (Å²) in [5.74, 6) is 0. The van der Waals surface area contributed by atoms with Crippen LogP contribution in [0.4, 0.5) is 10.5 Å². The molecule has 2 amide bonds. The minimum Gasteiger partial charge on any atom is -0.316 e. The van der Waals surface area contributed by atoms with Gasteiger partial charge in [0.15, 0.2) is 0 Å². The summed E-state index contributed by atoms with van der Waals surface area (Å²) in [5, 5.41) is 8.07. The fourth-order valence-electron chi connectivity index (χ4n) is 2.85. The highest BCUT2D eigenvalue weighted by Crippen LogP contribution is 2.16. The van der Waals surface area contributed by atoms with Crippen molar-refractivity contribution in [3.8, 4) is 0 Å². The van der Waals surface area contributed by atoms with E-state index in [0.29, 0.717) is 18.8 Å². The zero-order valence-electron chi connectivity index (χ0n) is 16.1. The Balaban J connectivity index is 1.80. The molecule has 0 aliphatic rings. The van der Waals surface area contributed by atoms with Gasteiger partial charge in [0.2, 0.25) is 10.0 Å². The fourth-order valence-corrected chi connectivity index (χ4v) is 3.36. The van der Waals surface area contributed by atoms with Gasteiger partial charge in [0, 0.05) is 18.8 Å². The molecule has 0 saturated heterocycles. The van der Waals surface area contributed by atoms with Gasteiger partial charge in [-0.3, -0.25) is 0 Å². The van der Waals surface area contributed by atoms with Crippen LogP contribution in [0.5, 0.6) is 0 Å². The number of anilines is 1. The number of hydrogen-bond acceptors (Lipinski definition) is 3. The van der Waals surface area contributed by atoms with E-state index < -0.39 is 10.0 Å². The van der Waals surface area contributed by atoms with Gasteiger partial charge >= 0.3 is 6.03 Å². The molecule has 150 valence electrons. The van der Waals surface area contributed by atoms with Crippen LogP contribution in [0, 0.1) is 6.92 Å². The SMILES string of the molecule is Cc1ccc(NC(=O)N(Cc2ccccc2)Cc2ccc(S(N)(=O)=O)cc2)cc1. The minimum atomic E-state index is -3.75. The molecule has 3 rings (SSSR count). The van der Waals surface area contributed by atoms with Crippen LogP contribution in [-0.2, 0) is 23.1 Å². The monoisotopic (exact) mass is 409 g/mol. The molecule has 6 nitrogen and oxygen atoms in total. The van der Waals surface area contributed by atoms with Crippen LogP contribution in [0.15, 0.2) is 83.8 Å². The second-order valence-electron chi connectivity index (χ2n) is 6.83. The van der Waals surface area contributed by atoms with Gasteiger partial charge in [0.05, 0.1) is 4.90 Å². The fraction of sp³-hybridized carbons (Fsp3) is 0.136. The van der Waals surface area contributed by atoms with E-state index in [4.69, 9.17) is 5.14 Å². The first kappa shape index (κ1) is 20.6. The van der Waals surface area contributed by atoms with Crippen LogP contribution < -0.4 is 10.5 Å². The maximum atomic E-state index is 12.9. The Bertz CT molecular complexity index is 1060. The molecule has 0 aliphatic carbocycles. The summed E-state index contributed by atoms with van der Waals surface area (Å²) in [4.78, 5) is 14.6. The molecule has 0 atom stereocenters. The maximum Gasteiger partial charge on any atom is 0.322 e. The van der Waals surface area contributed by atoms with Crippen molar-refractivity contribution >= 4 is 21.7 Å². The van der Waals surface area contributed by atoms with Crippen LogP contribution in [0.25, 0.3) is 0 Å². The number of amides is 2. The van der Waals surface area contributed by atoms with Gasteiger partial charge in [0.1, 0.15) is 0 Å². The lowest BCUT2D eigenvalue weighted by Crippen LogP contribution is -2.34. The Labute approximate surface area is 171 Å². The molecule has 0 unspecified atom stereocenters. The molecular weight excluding hydrogens is 386 g/mol. The van der Waals surface area contributed by atoms with Crippen molar-refractivity contribution in [2.24, 2.45) is 5.14 Å². The smallest absolute Gasteiger partial charge is 0.316 e. The van der Waals surface area contributed by atoms with Crippen molar-refractivity contribution in [3.63, 3.8) is 0 Å². The van der Waals surface area contributed by atoms with Crippen molar-refractivity contribution < 1.29 is 13.2 Å². The summed E-state index contributed by atoms with van der Waals surface area (Å²) >= 11 is 0. The number of nitrogens with zero attached hydrogens (tertiary/aromatic N) is 1. The zero-order chi connectivity index (χ0) is 20.9. The number of carbonyl (C=O) groups is 1. The number of nitrogens with two attached hydrogens (primary N) is 1. The Morgan fingerprint density at radius 1 is 0.862 bits per heavy atom. The van der Waals surface area contributed by atoms with E-state index in [0.717, 1.165) is 16.7 Å². The van der Waals surface area contributed by atoms with E-state index in [1.807, 2.05) is 61.5 Å². The summed E-state index contributed by atoms with van der Waals surface area (Å²) in [6, 6.07) is 23.2. The summed E-state index contributed by atoms with van der Waals surface area (Å²) in [5.41, 5.74) is 3.61. The van der Waals surface area contributed by atoms with Gasteiger partial charge in [-0.1, -0.05) is 60.2 Å². The number of nitrogens with one attached hydrogen (secondary N) is 1. The van der Waals surface area contributed by atoms with Gasteiger partial charge in [-0.15, -0.1) is 0 Å². The van der Waals surface area contributed by atoms with Crippen LogP contribution in [0.1, 0.15) is 16.7 Å². The number of rotatable bonds is 6. The summed E-state index contributed by atoms with van der Waals surface area (Å²) in [6.07, 6.45) is 0. The third-order valence-electron chi connectivity index (χ3n) is 4.43. The number of benzene rings is 3. The molecule has 0 bridgehead atoms.